The molecule has 0 spiro atoms. The van der Waals surface area contributed by atoms with E-state index in [2.05, 4.69) is 34.7 Å². The molecular weight excluding hydrogens is 306 g/mol. The fraction of sp³-hybridized carbons (Fsp3) is 0.353. The standard InChI is InChI=1S/C17H23N5O2/c1-3-4-11(2)14-9-15(22-21-14)20-16(23)13-7-5-12(6-8-13)10-19-17(18)24/h5-9,11H,3-4,10H2,1-2H3,(H3,18,19,24)(H2,20,21,22,23). The number of nitrogens with one attached hydrogen (secondary N) is 3. The lowest BCUT2D eigenvalue weighted by atomic mass is 10.0. The first-order valence-corrected chi connectivity index (χ1v) is 7.98. The molecule has 1 aromatic carbocycles. The first-order chi connectivity index (χ1) is 11.5. The third-order valence-electron chi connectivity index (χ3n) is 3.77. The Labute approximate surface area is 141 Å². The number of amides is 3. The molecule has 0 saturated carbocycles. The highest BCUT2D eigenvalue weighted by molar-refractivity contribution is 6.03. The van der Waals surface area contributed by atoms with Gasteiger partial charge in [-0.05, 0) is 30.0 Å². The van der Waals surface area contributed by atoms with Gasteiger partial charge in [-0.3, -0.25) is 9.89 Å². The first kappa shape index (κ1) is 17.5. The number of rotatable bonds is 7. The van der Waals surface area contributed by atoms with E-state index in [4.69, 9.17) is 5.73 Å². The van der Waals surface area contributed by atoms with E-state index >= 15 is 0 Å². The quantitative estimate of drug-likeness (QED) is 0.626. The molecule has 3 amide bonds. The number of carbonyl (C=O) groups excluding carboxylic acids is 2. The van der Waals surface area contributed by atoms with Gasteiger partial charge < -0.3 is 16.4 Å². The van der Waals surface area contributed by atoms with Crippen molar-refractivity contribution in [3.63, 3.8) is 0 Å². The van der Waals surface area contributed by atoms with Gasteiger partial charge in [0.2, 0.25) is 0 Å². The average molecular weight is 329 g/mol. The topological polar surface area (TPSA) is 113 Å². The maximum atomic E-state index is 12.2. The lowest BCUT2D eigenvalue weighted by Crippen LogP contribution is -2.28. The zero-order valence-electron chi connectivity index (χ0n) is 13.9. The lowest BCUT2D eigenvalue weighted by Gasteiger charge is -2.06. The van der Waals surface area contributed by atoms with Gasteiger partial charge in [0.25, 0.3) is 5.91 Å². The Morgan fingerprint density at radius 1 is 1.29 bits per heavy atom. The number of hydrogen-bond acceptors (Lipinski definition) is 3. The third-order valence-corrected chi connectivity index (χ3v) is 3.77. The van der Waals surface area contributed by atoms with Crippen molar-refractivity contribution in [2.75, 3.05) is 5.32 Å². The van der Waals surface area contributed by atoms with Crippen molar-refractivity contribution < 1.29 is 9.59 Å². The fourth-order valence-electron chi connectivity index (χ4n) is 2.39. The largest absolute Gasteiger partial charge is 0.352 e. The van der Waals surface area contributed by atoms with Crippen molar-refractivity contribution in [3.05, 3.63) is 47.2 Å². The van der Waals surface area contributed by atoms with Gasteiger partial charge >= 0.3 is 6.03 Å². The van der Waals surface area contributed by atoms with E-state index in [0.717, 1.165) is 24.1 Å². The Bertz CT molecular complexity index is 693. The first-order valence-electron chi connectivity index (χ1n) is 7.98. The molecule has 5 N–H and O–H groups in total. The molecule has 0 fully saturated rings. The van der Waals surface area contributed by atoms with Crippen LogP contribution in [0.5, 0.6) is 0 Å². The van der Waals surface area contributed by atoms with E-state index in [1.807, 2.05) is 6.07 Å². The molecule has 0 aliphatic rings. The predicted octanol–water partition coefficient (Wildman–Crippen LogP) is 2.73. The molecular formula is C17H23N5O2. The molecule has 7 heteroatoms. The van der Waals surface area contributed by atoms with Gasteiger partial charge in [-0.25, -0.2) is 4.79 Å². The highest BCUT2D eigenvalue weighted by Crippen LogP contribution is 2.20. The van der Waals surface area contributed by atoms with Crippen molar-refractivity contribution in [3.8, 4) is 0 Å². The van der Waals surface area contributed by atoms with Crippen LogP contribution in [0.2, 0.25) is 0 Å². The monoisotopic (exact) mass is 329 g/mol. The van der Waals surface area contributed by atoms with E-state index in [0.29, 0.717) is 23.8 Å². The zero-order valence-corrected chi connectivity index (χ0v) is 13.9. The minimum atomic E-state index is -0.580. The summed E-state index contributed by atoms with van der Waals surface area (Å²) in [7, 11) is 0. The summed E-state index contributed by atoms with van der Waals surface area (Å²) >= 11 is 0. The van der Waals surface area contributed by atoms with Crippen LogP contribution in [-0.2, 0) is 6.54 Å². The maximum Gasteiger partial charge on any atom is 0.312 e. The van der Waals surface area contributed by atoms with Crippen LogP contribution in [0, 0.1) is 0 Å². The molecule has 128 valence electrons. The zero-order chi connectivity index (χ0) is 17.5. The molecule has 0 bridgehead atoms. The van der Waals surface area contributed by atoms with Gasteiger partial charge in [-0.1, -0.05) is 32.4 Å². The van der Waals surface area contributed by atoms with E-state index in [9.17, 15) is 9.59 Å². The third kappa shape index (κ3) is 4.84. The Kier molecular flexibility index (Phi) is 5.95. The molecule has 0 saturated heterocycles. The number of carbonyl (C=O) groups is 2. The van der Waals surface area contributed by atoms with Crippen LogP contribution in [0.1, 0.15) is 54.2 Å². The lowest BCUT2D eigenvalue weighted by molar-refractivity contribution is 0.102. The van der Waals surface area contributed by atoms with Gasteiger partial charge in [0.15, 0.2) is 5.82 Å². The summed E-state index contributed by atoms with van der Waals surface area (Å²) in [4.78, 5) is 22.9. The van der Waals surface area contributed by atoms with Crippen LogP contribution < -0.4 is 16.4 Å². The summed E-state index contributed by atoms with van der Waals surface area (Å²) in [6, 6.07) is 8.21. The Morgan fingerprint density at radius 2 is 2.00 bits per heavy atom. The molecule has 1 unspecified atom stereocenters. The molecule has 2 rings (SSSR count). The smallest absolute Gasteiger partial charge is 0.312 e. The summed E-state index contributed by atoms with van der Waals surface area (Å²) in [5.41, 5.74) is 7.42. The van der Waals surface area contributed by atoms with Crippen molar-refractivity contribution >= 4 is 17.8 Å². The number of nitrogens with two attached hydrogens (primary N) is 1. The molecule has 7 nitrogen and oxygen atoms in total. The van der Waals surface area contributed by atoms with Crippen LogP contribution in [-0.4, -0.2) is 22.1 Å². The Balaban J connectivity index is 1.96. The number of urea groups is 1. The summed E-state index contributed by atoms with van der Waals surface area (Å²) < 4.78 is 0. The van der Waals surface area contributed by atoms with Crippen molar-refractivity contribution in [1.82, 2.24) is 15.5 Å². The number of benzene rings is 1. The van der Waals surface area contributed by atoms with E-state index in [-0.39, 0.29) is 5.91 Å². The SMILES string of the molecule is CCCC(C)c1cc(NC(=O)c2ccc(CNC(N)=O)cc2)n[nH]1. The molecule has 1 atom stereocenters. The van der Waals surface area contributed by atoms with Crippen molar-refractivity contribution in [2.45, 2.75) is 39.2 Å². The van der Waals surface area contributed by atoms with E-state index in [1.165, 1.54) is 0 Å². The summed E-state index contributed by atoms with van der Waals surface area (Å²) in [5, 5.41) is 12.4. The van der Waals surface area contributed by atoms with Gasteiger partial charge in [0.1, 0.15) is 0 Å². The van der Waals surface area contributed by atoms with E-state index in [1.54, 1.807) is 24.3 Å². The van der Waals surface area contributed by atoms with Gasteiger partial charge in [-0.2, -0.15) is 5.10 Å². The number of H-pyrrole nitrogens is 1. The molecule has 0 aliphatic heterocycles. The Hall–Kier alpha value is -2.83. The maximum absolute atomic E-state index is 12.2. The highest BCUT2D eigenvalue weighted by atomic mass is 16.2. The van der Waals surface area contributed by atoms with Crippen molar-refractivity contribution in [2.24, 2.45) is 5.73 Å². The summed E-state index contributed by atoms with van der Waals surface area (Å²) in [6.45, 7) is 4.59. The van der Waals surface area contributed by atoms with Crippen LogP contribution in [0.3, 0.4) is 0 Å². The molecule has 0 radical (unpaired) electrons. The highest BCUT2D eigenvalue weighted by Gasteiger charge is 2.11. The predicted molar refractivity (Wildman–Crippen MR) is 92.7 cm³/mol. The second-order valence-electron chi connectivity index (χ2n) is 5.77. The summed E-state index contributed by atoms with van der Waals surface area (Å²) in [5.74, 6) is 0.660. The minimum Gasteiger partial charge on any atom is -0.352 e. The number of nitrogens with zero attached hydrogens (tertiary/aromatic N) is 1. The molecule has 1 aromatic heterocycles. The second kappa shape index (κ2) is 8.14. The molecule has 1 heterocycles. The number of hydrogen-bond donors (Lipinski definition) is 4. The molecule has 0 aliphatic carbocycles. The van der Waals surface area contributed by atoms with Crippen LogP contribution in [0.4, 0.5) is 10.6 Å². The number of primary amides is 1. The Morgan fingerprint density at radius 3 is 2.62 bits per heavy atom. The van der Waals surface area contributed by atoms with Crippen LogP contribution in [0.25, 0.3) is 0 Å². The molecule has 24 heavy (non-hydrogen) atoms. The fourth-order valence-corrected chi connectivity index (χ4v) is 2.39. The number of anilines is 1. The molecule has 2 aromatic rings. The van der Waals surface area contributed by atoms with Crippen molar-refractivity contribution in [1.29, 1.82) is 0 Å². The minimum absolute atomic E-state index is 0.231. The van der Waals surface area contributed by atoms with Gasteiger partial charge in [-0.15, -0.1) is 0 Å². The van der Waals surface area contributed by atoms with Gasteiger partial charge in [0.05, 0.1) is 0 Å². The normalized spacial score (nSPS) is 11.8. The summed E-state index contributed by atoms with van der Waals surface area (Å²) in [6.07, 6.45) is 2.16. The second-order valence-corrected chi connectivity index (χ2v) is 5.77. The van der Waals surface area contributed by atoms with Crippen LogP contribution >= 0.6 is 0 Å². The van der Waals surface area contributed by atoms with Crippen LogP contribution in [0.15, 0.2) is 30.3 Å². The van der Waals surface area contributed by atoms with Gasteiger partial charge in [0, 0.05) is 23.9 Å². The van der Waals surface area contributed by atoms with E-state index < -0.39 is 6.03 Å². The number of aromatic amines is 1. The number of aromatic nitrogens is 2. The average Bonchev–Trinajstić information content (AvgIpc) is 3.02.